The molecule has 1 unspecified atom stereocenters. The van der Waals surface area contributed by atoms with Crippen LogP contribution in [-0.2, 0) is 13.1 Å². The average Bonchev–Trinajstić information content (AvgIpc) is 3.32. The Hall–Kier alpha value is -1.46. The molecule has 2 aliphatic rings. The Balaban J connectivity index is 1.77. The maximum absolute atomic E-state index is 14.3. The molecule has 24 heavy (non-hydrogen) atoms. The molecule has 1 atom stereocenters. The van der Waals surface area contributed by atoms with E-state index in [9.17, 15) is 9.18 Å². The monoisotopic (exact) mass is 369 g/mol. The predicted molar refractivity (Wildman–Crippen MR) is 94.0 cm³/mol. The first-order valence-corrected chi connectivity index (χ1v) is 8.95. The second-order valence-corrected chi connectivity index (χ2v) is 7.63. The average molecular weight is 370 g/mol. The summed E-state index contributed by atoms with van der Waals surface area (Å²) in [5.74, 6) is 0.712. The molecular formula is C17H18Cl2FN3O. The molecule has 1 aliphatic heterocycles. The van der Waals surface area contributed by atoms with Gasteiger partial charge in [-0.2, -0.15) is 0 Å². The molecule has 4 nitrogen and oxygen atoms in total. The minimum absolute atomic E-state index is 0.111. The highest BCUT2D eigenvalue weighted by atomic mass is 35.5. The van der Waals surface area contributed by atoms with Crippen molar-refractivity contribution in [3.8, 4) is 11.1 Å². The van der Waals surface area contributed by atoms with Crippen LogP contribution in [0, 0.1) is 17.7 Å². The van der Waals surface area contributed by atoms with Crippen LogP contribution < -0.4 is 11.3 Å². The molecule has 2 N–H and O–H groups in total. The summed E-state index contributed by atoms with van der Waals surface area (Å²) in [4.78, 5) is 12.8. The number of nitrogens with two attached hydrogens (primary N) is 1. The van der Waals surface area contributed by atoms with E-state index in [2.05, 4.69) is 0 Å². The fourth-order valence-corrected chi connectivity index (χ4v) is 4.11. The number of aromatic nitrogens is 2. The Morgan fingerprint density at radius 1 is 1.17 bits per heavy atom. The number of hydrogen-bond acceptors (Lipinski definition) is 2. The van der Waals surface area contributed by atoms with Crippen LogP contribution in [-0.4, -0.2) is 9.36 Å². The lowest BCUT2D eigenvalue weighted by Gasteiger charge is -2.26. The summed E-state index contributed by atoms with van der Waals surface area (Å²) in [6, 6.07) is 2.51. The molecular weight excluding hydrogens is 352 g/mol. The number of fused-ring (bicyclic) bond motifs is 1. The molecule has 2 aromatic rings. The van der Waals surface area contributed by atoms with Crippen molar-refractivity contribution in [2.24, 2.45) is 11.8 Å². The van der Waals surface area contributed by atoms with Gasteiger partial charge in [-0.3, -0.25) is 9.48 Å². The van der Waals surface area contributed by atoms with Gasteiger partial charge in [-0.05, 0) is 36.8 Å². The lowest BCUT2D eigenvalue weighted by molar-refractivity contribution is 0.243. The van der Waals surface area contributed by atoms with Crippen molar-refractivity contribution in [3.05, 3.63) is 38.5 Å². The summed E-state index contributed by atoms with van der Waals surface area (Å²) in [5, 5.41) is 0.395. The van der Waals surface area contributed by atoms with Gasteiger partial charge in [0.05, 0.1) is 16.3 Å². The molecule has 0 saturated heterocycles. The van der Waals surface area contributed by atoms with Crippen LogP contribution in [0.5, 0.6) is 0 Å². The van der Waals surface area contributed by atoms with Crippen molar-refractivity contribution in [2.45, 2.75) is 38.8 Å². The first-order valence-electron chi connectivity index (χ1n) is 8.19. The minimum Gasteiger partial charge on any atom is -0.398 e. The molecule has 1 aromatic heterocycles. The van der Waals surface area contributed by atoms with Gasteiger partial charge in [0.2, 0.25) is 0 Å². The van der Waals surface area contributed by atoms with Crippen LogP contribution in [0.1, 0.15) is 25.7 Å². The molecule has 1 fully saturated rings. The van der Waals surface area contributed by atoms with E-state index < -0.39 is 5.82 Å². The van der Waals surface area contributed by atoms with Gasteiger partial charge in [0.1, 0.15) is 11.0 Å². The summed E-state index contributed by atoms with van der Waals surface area (Å²) in [5.41, 5.74) is 6.02. The van der Waals surface area contributed by atoms with Crippen LogP contribution >= 0.6 is 23.2 Å². The van der Waals surface area contributed by atoms with Crippen molar-refractivity contribution in [1.82, 2.24) is 9.36 Å². The summed E-state index contributed by atoms with van der Waals surface area (Å²) in [7, 11) is 0. The topological polar surface area (TPSA) is 52.9 Å². The molecule has 7 heteroatoms. The lowest BCUT2D eigenvalue weighted by Crippen LogP contribution is -2.32. The number of halogens is 3. The summed E-state index contributed by atoms with van der Waals surface area (Å²) >= 11 is 12.3. The van der Waals surface area contributed by atoms with Crippen molar-refractivity contribution in [2.75, 3.05) is 5.73 Å². The summed E-state index contributed by atoms with van der Waals surface area (Å²) in [6.45, 7) is 1.32. The highest BCUT2D eigenvalue weighted by Gasteiger charge is 2.31. The normalized spacial score (nSPS) is 20.2. The number of benzene rings is 1. The zero-order valence-corrected chi connectivity index (χ0v) is 14.6. The number of anilines is 1. The van der Waals surface area contributed by atoms with Crippen molar-refractivity contribution in [3.63, 3.8) is 0 Å². The van der Waals surface area contributed by atoms with Crippen molar-refractivity contribution in [1.29, 1.82) is 0 Å². The van der Waals surface area contributed by atoms with E-state index in [4.69, 9.17) is 28.9 Å². The van der Waals surface area contributed by atoms with E-state index in [1.807, 2.05) is 0 Å². The third-order valence-corrected chi connectivity index (χ3v) is 5.78. The van der Waals surface area contributed by atoms with Crippen LogP contribution in [0.25, 0.3) is 11.1 Å². The maximum Gasteiger partial charge on any atom is 0.276 e. The third kappa shape index (κ3) is 2.64. The molecule has 4 rings (SSSR count). The summed E-state index contributed by atoms with van der Waals surface area (Å²) < 4.78 is 17.7. The zero-order chi connectivity index (χ0) is 17.0. The van der Waals surface area contributed by atoms with Crippen LogP contribution in [0.3, 0.4) is 0 Å². The van der Waals surface area contributed by atoms with Gasteiger partial charge in [0.15, 0.2) is 0 Å². The van der Waals surface area contributed by atoms with E-state index >= 15 is 0 Å². The van der Waals surface area contributed by atoms with Crippen molar-refractivity contribution >= 4 is 28.9 Å². The van der Waals surface area contributed by atoms with E-state index in [0.717, 1.165) is 24.8 Å². The second kappa shape index (κ2) is 5.81. The van der Waals surface area contributed by atoms with Gasteiger partial charge >= 0.3 is 0 Å². The number of rotatable bonds is 3. The van der Waals surface area contributed by atoms with Crippen molar-refractivity contribution < 1.29 is 4.39 Å². The highest BCUT2D eigenvalue weighted by Crippen LogP contribution is 2.39. The fraction of sp³-hybridized carbons (Fsp3) is 0.471. The number of hydrogen-bond donors (Lipinski definition) is 1. The predicted octanol–water partition coefficient (Wildman–Crippen LogP) is 4.16. The van der Waals surface area contributed by atoms with Crippen LogP contribution in [0.2, 0.25) is 10.2 Å². The Morgan fingerprint density at radius 3 is 2.62 bits per heavy atom. The van der Waals surface area contributed by atoms with Gasteiger partial charge in [0.25, 0.3) is 5.56 Å². The first-order chi connectivity index (χ1) is 11.5. The molecule has 0 spiro atoms. The standard InChI is InChI=1S/C17H18Cl2FN3O/c18-12-7-13(20)11(6-14(12)21)15-16(19)22-4-3-10(5-9-1-2-9)8-23(22)17(15)24/h6-7,9-10H,1-5,8,21H2. The van der Waals surface area contributed by atoms with Crippen LogP contribution in [0.15, 0.2) is 16.9 Å². The summed E-state index contributed by atoms with van der Waals surface area (Å²) in [6.07, 6.45) is 4.75. The largest absolute Gasteiger partial charge is 0.398 e. The van der Waals surface area contributed by atoms with E-state index in [1.54, 1.807) is 9.36 Å². The van der Waals surface area contributed by atoms with Gasteiger partial charge in [-0.1, -0.05) is 36.0 Å². The maximum atomic E-state index is 14.3. The molecule has 1 saturated carbocycles. The quantitative estimate of drug-likeness (QED) is 0.825. The second-order valence-electron chi connectivity index (χ2n) is 6.86. The van der Waals surface area contributed by atoms with E-state index in [-0.39, 0.29) is 32.5 Å². The smallest absolute Gasteiger partial charge is 0.276 e. The Morgan fingerprint density at radius 2 is 1.92 bits per heavy atom. The first kappa shape index (κ1) is 16.0. The van der Waals surface area contributed by atoms with Gasteiger partial charge in [-0.15, -0.1) is 0 Å². The Labute approximate surface area is 148 Å². The number of nitrogens with zero attached hydrogens (tertiary/aromatic N) is 2. The molecule has 2 heterocycles. The lowest BCUT2D eigenvalue weighted by atomic mass is 9.97. The number of nitrogen functional groups attached to an aromatic ring is 1. The highest BCUT2D eigenvalue weighted by molar-refractivity contribution is 6.33. The van der Waals surface area contributed by atoms with Gasteiger partial charge in [0, 0.05) is 18.7 Å². The SMILES string of the molecule is Nc1cc(-c2c(Cl)n3n(c2=O)CC(CC2CC2)CC3)c(F)cc1Cl. The van der Waals surface area contributed by atoms with Gasteiger partial charge < -0.3 is 5.73 Å². The molecule has 128 valence electrons. The third-order valence-electron chi connectivity index (χ3n) is 5.07. The minimum atomic E-state index is -0.591. The molecule has 1 aliphatic carbocycles. The molecule has 1 aromatic carbocycles. The molecule has 0 amide bonds. The van der Waals surface area contributed by atoms with E-state index in [1.165, 1.54) is 18.9 Å². The fourth-order valence-electron chi connectivity index (χ4n) is 3.60. The Kier molecular flexibility index (Phi) is 3.88. The zero-order valence-electron chi connectivity index (χ0n) is 13.1. The van der Waals surface area contributed by atoms with Crippen LogP contribution in [0.4, 0.5) is 10.1 Å². The van der Waals surface area contributed by atoms with Gasteiger partial charge in [-0.25, -0.2) is 9.07 Å². The van der Waals surface area contributed by atoms with E-state index in [0.29, 0.717) is 19.0 Å². The molecule has 0 bridgehead atoms. The molecule has 0 radical (unpaired) electrons. The Bertz CT molecular complexity index is 870.